The average molecular weight is 357 g/mol. The summed E-state index contributed by atoms with van der Waals surface area (Å²) >= 11 is 3.49. The Balaban J connectivity index is 2.29. The standard InChI is InChI=1S/C16H25BrN2O2/c1-3-13(9-14-5-4-6-15(17)10-14)11-19-16(20)12-18-7-8-21-2/h4-6,10,13,18H,3,7-9,11-12H2,1-2H3,(H,19,20). The summed E-state index contributed by atoms with van der Waals surface area (Å²) in [7, 11) is 1.65. The minimum absolute atomic E-state index is 0.0406. The topological polar surface area (TPSA) is 50.4 Å². The highest BCUT2D eigenvalue weighted by Crippen LogP contribution is 2.16. The van der Waals surface area contributed by atoms with Crippen LogP contribution in [0.15, 0.2) is 28.7 Å². The minimum Gasteiger partial charge on any atom is -0.383 e. The lowest BCUT2D eigenvalue weighted by Crippen LogP contribution is -2.37. The molecule has 21 heavy (non-hydrogen) atoms. The van der Waals surface area contributed by atoms with Gasteiger partial charge in [-0.3, -0.25) is 4.79 Å². The smallest absolute Gasteiger partial charge is 0.233 e. The van der Waals surface area contributed by atoms with Crippen LogP contribution in [-0.2, 0) is 16.0 Å². The Bertz CT molecular complexity index is 426. The fourth-order valence-corrected chi connectivity index (χ4v) is 2.50. The number of nitrogens with one attached hydrogen (secondary N) is 2. The molecule has 1 rings (SSSR count). The summed E-state index contributed by atoms with van der Waals surface area (Å²) in [5.74, 6) is 0.501. The third kappa shape index (κ3) is 8.19. The normalized spacial score (nSPS) is 12.1. The van der Waals surface area contributed by atoms with E-state index in [1.807, 2.05) is 12.1 Å². The molecule has 1 aromatic carbocycles. The second-order valence-corrected chi connectivity index (χ2v) is 6.00. The van der Waals surface area contributed by atoms with Crippen LogP contribution >= 0.6 is 15.9 Å². The van der Waals surface area contributed by atoms with Crippen LogP contribution < -0.4 is 10.6 Å². The SMILES string of the molecule is CCC(CNC(=O)CNCCOC)Cc1cccc(Br)c1. The van der Waals surface area contributed by atoms with Gasteiger partial charge >= 0.3 is 0 Å². The molecule has 0 radical (unpaired) electrons. The van der Waals surface area contributed by atoms with Gasteiger partial charge in [0.25, 0.3) is 0 Å². The number of ether oxygens (including phenoxy) is 1. The van der Waals surface area contributed by atoms with Crippen molar-refractivity contribution in [1.82, 2.24) is 10.6 Å². The van der Waals surface area contributed by atoms with E-state index in [-0.39, 0.29) is 5.91 Å². The Labute approximate surface area is 135 Å². The summed E-state index contributed by atoms with van der Waals surface area (Å²) in [6, 6.07) is 8.33. The number of carbonyl (C=O) groups excluding carboxylic acids is 1. The van der Waals surface area contributed by atoms with Crippen LogP contribution in [0.1, 0.15) is 18.9 Å². The number of hydrogen-bond donors (Lipinski definition) is 2. The van der Waals surface area contributed by atoms with Gasteiger partial charge in [0.1, 0.15) is 0 Å². The van der Waals surface area contributed by atoms with Gasteiger partial charge in [-0.2, -0.15) is 0 Å². The van der Waals surface area contributed by atoms with Gasteiger partial charge in [-0.05, 0) is 30.0 Å². The van der Waals surface area contributed by atoms with Crippen LogP contribution in [0, 0.1) is 5.92 Å². The molecule has 0 spiro atoms. The average Bonchev–Trinajstić information content (AvgIpc) is 2.48. The maximum Gasteiger partial charge on any atom is 0.233 e. The number of methoxy groups -OCH3 is 1. The highest BCUT2D eigenvalue weighted by molar-refractivity contribution is 9.10. The first-order valence-corrected chi connectivity index (χ1v) is 8.15. The van der Waals surface area contributed by atoms with E-state index in [1.54, 1.807) is 7.11 Å². The van der Waals surface area contributed by atoms with Crippen molar-refractivity contribution in [1.29, 1.82) is 0 Å². The Hall–Kier alpha value is -0.910. The van der Waals surface area contributed by atoms with E-state index in [0.717, 1.165) is 17.3 Å². The minimum atomic E-state index is 0.0406. The number of carbonyl (C=O) groups is 1. The molecule has 1 amide bonds. The predicted octanol–water partition coefficient (Wildman–Crippen LogP) is 2.37. The maximum atomic E-state index is 11.7. The molecule has 5 heteroatoms. The molecule has 2 N–H and O–H groups in total. The Morgan fingerprint density at radius 3 is 2.90 bits per heavy atom. The molecule has 0 bridgehead atoms. The van der Waals surface area contributed by atoms with E-state index in [9.17, 15) is 4.79 Å². The summed E-state index contributed by atoms with van der Waals surface area (Å²) in [5.41, 5.74) is 1.30. The molecule has 0 aliphatic rings. The van der Waals surface area contributed by atoms with Crippen molar-refractivity contribution in [2.24, 2.45) is 5.92 Å². The molecular formula is C16H25BrN2O2. The van der Waals surface area contributed by atoms with Crippen molar-refractivity contribution in [3.05, 3.63) is 34.3 Å². The zero-order valence-electron chi connectivity index (χ0n) is 12.8. The molecule has 0 aromatic heterocycles. The first-order valence-electron chi connectivity index (χ1n) is 7.36. The third-order valence-corrected chi connectivity index (χ3v) is 3.84. The first kappa shape index (κ1) is 18.1. The van der Waals surface area contributed by atoms with Gasteiger partial charge in [0.05, 0.1) is 13.2 Å². The predicted molar refractivity (Wildman–Crippen MR) is 89.4 cm³/mol. The molecule has 0 aliphatic carbocycles. The molecule has 1 unspecified atom stereocenters. The van der Waals surface area contributed by atoms with Gasteiger partial charge in [-0.15, -0.1) is 0 Å². The molecule has 0 aliphatic heterocycles. The summed E-state index contributed by atoms with van der Waals surface area (Å²) in [6.45, 7) is 4.53. The number of hydrogen-bond acceptors (Lipinski definition) is 3. The van der Waals surface area contributed by atoms with E-state index in [0.29, 0.717) is 32.2 Å². The molecule has 0 saturated heterocycles. The number of benzene rings is 1. The van der Waals surface area contributed by atoms with Crippen molar-refractivity contribution in [3.8, 4) is 0 Å². The zero-order chi connectivity index (χ0) is 15.5. The highest BCUT2D eigenvalue weighted by atomic mass is 79.9. The van der Waals surface area contributed by atoms with Crippen LogP contribution in [0.4, 0.5) is 0 Å². The van der Waals surface area contributed by atoms with Crippen molar-refractivity contribution >= 4 is 21.8 Å². The van der Waals surface area contributed by atoms with E-state index in [1.165, 1.54) is 5.56 Å². The molecule has 0 fully saturated rings. The van der Waals surface area contributed by atoms with Crippen molar-refractivity contribution < 1.29 is 9.53 Å². The maximum absolute atomic E-state index is 11.7. The van der Waals surface area contributed by atoms with Gasteiger partial charge in [0.15, 0.2) is 0 Å². The number of amides is 1. The molecular weight excluding hydrogens is 332 g/mol. The quantitative estimate of drug-likeness (QED) is 0.632. The summed E-state index contributed by atoms with van der Waals surface area (Å²) in [4.78, 5) is 11.7. The lowest BCUT2D eigenvalue weighted by molar-refractivity contribution is -0.120. The molecule has 1 atom stereocenters. The van der Waals surface area contributed by atoms with Gasteiger partial charge in [0.2, 0.25) is 5.91 Å². The Morgan fingerprint density at radius 2 is 2.24 bits per heavy atom. The lowest BCUT2D eigenvalue weighted by atomic mass is 9.97. The van der Waals surface area contributed by atoms with E-state index in [2.05, 4.69) is 45.6 Å². The van der Waals surface area contributed by atoms with Crippen molar-refractivity contribution in [2.45, 2.75) is 19.8 Å². The second-order valence-electron chi connectivity index (χ2n) is 5.08. The van der Waals surface area contributed by atoms with Crippen molar-refractivity contribution in [3.63, 3.8) is 0 Å². The van der Waals surface area contributed by atoms with E-state index in [4.69, 9.17) is 4.74 Å². The van der Waals surface area contributed by atoms with E-state index < -0.39 is 0 Å². The number of rotatable bonds is 10. The van der Waals surface area contributed by atoms with Crippen LogP contribution in [0.5, 0.6) is 0 Å². The largest absolute Gasteiger partial charge is 0.383 e. The summed E-state index contributed by atoms with van der Waals surface area (Å²) in [6.07, 6.45) is 2.03. The van der Waals surface area contributed by atoms with E-state index >= 15 is 0 Å². The highest BCUT2D eigenvalue weighted by Gasteiger charge is 2.09. The van der Waals surface area contributed by atoms with Gasteiger partial charge in [-0.1, -0.05) is 41.4 Å². The molecule has 0 heterocycles. The Morgan fingerprint density at radius 1 is 1.43 bits per heavy atom. The van der Waals surface area contributed by atoms with Crippen molar-refractivity contribution in [2.75, 3.05) is 33.4 Å². The van der Waals surface area contributed by atoms with Gasteiger partial charge < -0.3 is 15.4 Å². The van der Waals surface area contributed by atoms with Crippen LogP contribution in [0.25, 0.3) is 0 Å². The zero-order valence-corrected chi connectivity index (χ0v) is 14.4. The third-order valence-electron chi connectivity index (χ3n) is 3.35. The summed E-state index contributed by atoms with van der Waals surface area (Å²) < 4.78 is 6.02. The first-order chi connectivity index (χ1) is 10.2. The second kappa shape index (κ2) is 10.8. The van der Waals surface area contributed by atoms with Gasteiger partial charge in [0, 0.05) is 24.7 Å². The van der Waals surface area contributed by atoms with Crippen LogP contribution in [0.2, 0.25) is 0 Å². The van der Waals surface area contributed by atoms with Crippen LogP contribution in [-0.4, -0.2) is 39.3 Å². The Kier molecular flexibility index (Phi) is 9.30. The molecule has 4 nitrogen and oxygen atoms in total. The monoisotopic (exact) mass is 356 g/mol. The van der Waals surface area contributed by atoms with Gasteiger partial charge in [-0.25, -0.2) is 0 Å². The molecule has 118 valence electrons. The fourth-order valence-electron chi connectivity index (χ4n) is 2.05. The molecule has 1 aromatic rings. The lowest BCUT2D eigenvalue weighted by Gasteiger charge is -2.16. The fraction of sp³-hybridized carbons (Fsp3) is 0.562. The van der Waals surface area contributed by atoms with Crippen LogP contribution in [0.3, 0.4) is 0 Å². The number of halogens is 1. The summed E-state index contributed by atoms with van der Waals surface area (Å²) in [5, 5.41) is 6.03. The molecule has 0 saturated carbocycles.